The number of Topliss-reactive ketones (excluding diaryl/α,β-unsaturated/α-hetero) is 1. The van der Waals surface area contributed by atoms with E-state index in [-0.39, 0.29) is 23.6 Å². The summed E-state index contributed by atoms with van der Waals surface area (Å²) >= 11 is 6.23. The molecule has 0 N–H and O–H groups in total. The zero-order chi connectivity index (χ0) is 13.5. The molecule has 4 heteroatoms. The molecule has 0 radical (unpaired) electrons. The Bertz CT molecular complexity index is 514. The second kappa shape index (κ2) is 3.43. The zero-order valence-electron chi connectivity index (χ0n) is 10.9. The molecule has 0 aromatic rings. The lowest BCUT2D eigenvalue weighted by Gasteiger charge is -2.46. The Morgan fingerprint density at radius 2 is 2.32 bits per heavy atom. The van der Waals surface area contributed by atoms with E-state index in [0.717, 1.165) is 12.0 Å². The number of methoxy groups -OCH3 is 1. The normalized spacial score (nSPS) is 52.5. The molecule has 0 aliphatic heterocycles. The van der Waals surface area contributed by atoms with Gasteiger partial charge in [0, 0.05) is 23.6 Å². The highest BCUT2D eigenvalue weighted by Gasteiger charge is 2.80. The molecule has 19 heavy (non-hydrogen) atoms. The van der Waals surface area contributed by atoms with Crippen LogP contribution in [0.4, 0.5) is 0 Å². The fourth-order valence-electron chi connectivity index (χ4n) is 5.91. The predicted octanol–water partition coefficient (Wildman–Crippen LogP) is 2.04. The third-order valence-electron chi connectivity index (χ3n) is 6.50. The van der Waals surface area contributed by atoms with E-state index in [1.165, 1.54) is 7.11 Å². The van der Waals surface area contributed by atoms with Crippen molar-refractivity contribution in [2.45, 2.75) is 12.8 Å². The summed E-state index contributed by atoms with van der Waals surface area (Å²) in [5.41, 5.74) is 0.646. The summed E-state index contributed by atoms with van der Waals surface area (Å²) in [6.07, 6.45) is 1.38. The largest absolute Gasteiger partial charge is 0.469 e. The molecule has 2 bridgehead atoms. The van der Waals surface area contributed by atoms with Gasteiger partial charge in [0.15, 0.2) is 0 Å². The number of ketones is 1. The van der Waals surface area contributed by atoms with Crippen LogP contribution in [-0.4, -0.2) is 24.7 Å². The van der Waals surface area contributed by atoms with Crippen molar-refractivity contribution in [3.05, 3.63) is 12.2 Å². The maximum atomic E-state index is 12.8. The summed E-state index contributed by atoms with van der Waals surface area (Å²) < 4.78 is 4.81. The molecule has 0 heterocycles. The van der Waals surface area contributed by atoms with Gasteiger partial charge in [-0.15, -0.1) is 11.6 Å². The van der Waals surface area contributed by atoms with E-state index in [1.54, 1.807) is 0 Å². The quantitative estimate of drug-likeness (QED) is 0.451. The minimum Gasteiger partial charge on any atom is -0.469 e. The van der Waals surface area contributed by atoms with E-state index < -0.39 is 5.41 Å². The van der Waals surface area contributed by atoms with Gasteiger partial charge in [0.2, 0.25) is 0 Å². The van der Waals surface area contributed by atoms with E-state index in [2.05, 4.69) is 6.58 Å². The number of carbonyl (C=O) groups is 2. The summed E-state index contributed by atoms with van der Waals surface area (Å²) in [4.78, 5) is 24.5. The van der Waals surface area contributed by atoms with Gasteiger partial charge in [0.05, 0.1) is 7.11 Å². The number of alkyl halides is 1. The molecule has 0 aromatic carbocycles. The summed E-state index contributed by atoms with van der Waals surface area (Å²) in [6.45, 7) is 4.13. The van der Waals surface area contributed by atoms with Gasteiger partial charge in [-0.2, -0.15) is 0 Å². The molecule has 4 saturated carbocycles. The lowest BCUT2D eigenvalue weighted by Crippen LogP contribution is -2.45. The van der Waals surface area contributed by atoms with Gasteiger partial charge in [-0.3, -0.25) is 9.59 Å². The van der Waals surface area contributed by atoms with Crippen LogP contribution in [0.2, 0.25) is 0 Å². The smallest absolute Gasteiger partial charge is 0.305 e. The SMILES string of the molecule is C=C1C2C(=O)C3(CCl)C(CC(=O)OC)C4CC3C2C14. The van der Waals surface area contributed by atoms with Gasteiger partial charge in [0.25, 0.3) is 0 Å². The van der Waals surface area contributed by atoms with Crippen molar-refractivity contribution in [3.8, 4) is 0 Å². The molecular formula is C15H17ClO3. The summed E-state index contributed by atoms with van der Waals surface area (Å²) in [7, 11) is 1.40. The average molecular weight is 281 g/mol. The fraction of sp³-hybridized carbons (Fsp3) is 0.733. The predicted molar refractivity (Wildman–Crippen MR) is 69.5 cm³/mol. The van der Waals surface area contributed by atoms with Gasteiger partial charge in [-0.25, -0.2) is 0 Å². The Balaban J connectivity index is 1.79. The van der Waals surface area contributed by atoms with Gasteiger partial charge in [-0.1, -0.05) is 12.2 Å². The third kappa shape index (κ3) is 1.02. The van der Waals surface area contributed by atoms with Crippen LogP contribution in [0.5, 0.6) is 0 Å². The minimum atomic E-state index is -0.467. The van der Waals surface area contributed by atoms with E-state index in [0.29, 0.717) is 36.0 Å². The summed E-state index contributed by atoms with van der Waals surface area (Å²) in [5.74, 6) is 2.27. The second-order valence-corrected chi connectivity index (χ2v) is 6.85. The standard InChI is InChI=1S/C15H17ClO3/c1-6-11-7-3-9-13(11)12(6)14(18)15(9,5-16)8(7)4-10(17)19-2/h7-9,11-13H,1,3-5H2,2H3. The highest BCUT2D eigenvalue weighted by Crippen LogP contribution is 2.79. The molecule has 0 saturated heterocycles. The monoisotopic (exact) mass is 280 g/mol. The average Bonchev–Trinajstić information content (AvgIpc) is 2.91. The molecule has 0 aromatic heterocycles. The first kappa shape index (κ1) is 12.0. The van der Waals surface area contributed by atoms with Crippen molar-refractivity contribution < 1.29 is 14.3 Å². The number of fused-ring (bicyclic) bond motifs is 2. The number of ether oxygens (including phenoxy) is 1. The Hall–Kier alpha value is -0.830. The van der Waals surface area contributed by atoms with Crippen LogP contribution < -0.4 is 0 Å². The van der Waals surface area contributed by atoms with Crippen LogP contribution in [-0.2, 0) is 14.3 Å². The van der Waals surface area contributed by atoms with Crippen LogP contribution >= 0.6 is 11.6 Å². The van der Waals surface area contributed by atoms with Crippen molar-refractivity contribution >= 4 is 23.4 Å². The van der Waals surface area contributed by atoms with Crippen LogP contribution in [0.3, 0.4) is 0 Å². The summed E-state index contributed by atoms with van der Waals surface area (Å²) in [5, 5.41) is 0. The summed E-state index contributed by atoms with van der Waals surface area (Å²) in [6, 6.07) is 0. The highest BCUT2D eigenvalue weighted by molar-refractivity contribution is 6.21. The molecule has 0 spiro atoms. The molecule has 102 valence electrons. The lowest BCUT2D eigenvalue weighted by atomic mass is 9.57. The first-order valence-corrected chi connectivity index (χ1v) is 7.47. The van der Waals surface area contributed by atoms with Gasteiger partial charge in [-0.05, 0) is 36.0 Å². The van der Waals surface area contributed by atoms with Crippen molar-refractivity contribution in [3.63, 3.8) is 0 Å². The highest BCUT2D eigenvalue weighted by atomic mass is 35.5. The Kier molecular flexibility index (Phi) is 2.16. The second-order valence-electron chi connectivity index (χ2n) is 6.59. The first-order valence-electron chi connectivity index (χ1n) is 6.93. The van der Waals surface area contributed by atoms with E-state index in [1.807, 2.05) is 0 Å². The molecule has 7 unspecified atom stereocenters. The molecule has 4 aliphatic rings. The van der Waals surface area contributed by atoms with Gasteiger partial charge < -0.3 is 4.74 Å². The third-order valence-corrected chi connectivity index (χ3v) is 6.94. The number of hydrogen-bond acceptors (Lipinski definition) is 3. The van der Waals surface area contributed by atoms with Crippen molar-refractivity contribution in [1.29, 1.82) is 0 Å². The molecule has 4 fully saturated rings. The Morgan fingerprint density at radius 3 is 2.95 bits per heavy atom. The molecule has 4 rings (SSSR count). The molecule has 3 nitrogen and oxygen atoms in total. The Labute approximate surface area is 117 Å². The zero-order valence-corrected chi connectivity index (χ0v) is 11.7. The van der Waals surface area contributed by atoms with E-state index in [4.69, 9.17) is 16.3 Å². The van der Waals surface area contributed by atoms with E-state index >= 15 is 0 Å². The van der Waals surface area contributed by atoms with Gasteiger partial charge in [0.1, 0.15) is 5.78 Å². The van der Waals surface area contributed by atoms with E-state index in [9.17, 15) is 9.59 Å². The molecular weight excluding hydrogens is 264 g/mol. The van der Waals surface area contributed by atoms with Gasteiger partial charge >= 0.3 is 5.97 Å². The maximum absolute atomic E-state index is 12.8. The molecule has 7 atom stereocenters. The number of halogens is 1. The van der Waals surface area contributed by atoms with Crippen LogP contribution in [0.15, 0.2) is 12.2 Å². The van der Waals surface area contributed by atoms with Crippen LogP contribution in [0.25, 0.3) is 0 Å². The topological polar surface area (TPSA) is 43.4 Å². The first-order chi connectivity index (χ1) is 9.07. The number of allylic oxidation sites excluding steroid dienone is 1. The van der Waals surface area contributed by atoms with Crippen molar-refractivity contribution in [1.82, 2.24) is 0 Å². The minimum absolute atomic E-state index is 0.0430. The molecule has 4 aliphatic carbocycles. The number of esters is 1. The maximum Gasteiger partial charge on any atom is 0.305 e. The van der Waals surface area contributed by atoms with Crippen LogP contribution in [0, 0.1) is 40.9 Å². The number of carbonyl (C=O) groups excluding carboxylic acids is 2. The lowest BCUT2D eigenvalue weighted by molar-refractivity contribution is -0.144. The fourth-order valence-corrected chi connectivity index (χ4v) is 6.44. The van der Waals surface area contributed by atoms with Crippen LogP contribution in [0.1, 0.15) is 12.8 Å². The number of rotatable bonds is 3. The number of hydrogen-bond donors (Lipinski definition) is 0. The van der Waals surface area contributed by atoms with Crippen molar-refractivity contribution in [2.75, 3.05) is 13.0 Å². The molecule has 0 amide bonds. The Morgan fingerprint density at radius 1 is 1.58 bits per heavy atom. The van der Waals surface area contributed by atoms with Crippen molar-refractivity contribution in [2.24, 2.45) is 40.9 Å².